The number of sulfonamides is 1. The van der Waals surface area contributed by atoms with E-state index in [-0.39, 0.29) is 37.8 Å². The lowest BCUT2D eigenvalue weighted by Crippen LogP contribution is -2.29. The van der Waals surface area contributed by atoms with Gasteiger partial charge in [0.1, 0.15) is 6.73 Å². The van der Waals surface area contributed by atoms with Crippen LogP contribution in [0, 0.1) is 11.7 Å². The predicted molar refractivity (Wildman–Crippen MR) is 107 cm³/mol. The van der Waals surface area contributed by atoms with Crippen molar-refractivity contribution >= 4 is 10.0 Å². The molecular formula is C19H24FN3O6S. The van der Waals surface area contributed by atoms with Crippen molar-refractivity contribution in [2.24, 2.45) is 5.92 Å². The molecule has 9 nitrogen and oxygen atoms in total. The summed E-state index contributed by atoms with van der Waals surface area (Å²) in [6, 6.07) is 5.47. The van der Waals surface area contributed by atoms with Crippen LogP contribution < -0.4 is 20.7 Å². The molecule has 1 saturated carbocycles. The number of benzene rings is 1. The van der Waals surface area contributed by atoms with Crippen molar-refractivity contribution in [2.45, 2.75) is 32.5 Å². The maximum absolute atomic E-state index is 13.8. The molecule has 1 aliphatic rings. The quantitative estimate of drug-likeness (QED) is 0.473. The van der Waals surface area contributed by atoms with Crippen LogP contribution >= 0.6 is 0 Å². The van der Waals surface area contributed by atoms with Gasteiger partial charge in [-0.2, -0.15) is 0 Å². The molecule has 1 aliphatic carbocycles. The highest BCUT2D eigenvalue weighted by atomic mass is 32.2. The van der Waals surface area contributed by atoms with E-state index in [1.165, 1.54) is 30.5 Å². The molecule has 3 rings (SSSR count). The highest BCUT2D eigenvalue weighted by Crippen LogP contribution is 2.30. The fourth-order valence-electron chi connectivity index (χ4n) is 2.59. The summed E-state index contributed by atoms with van der Waals surface area (Å²) in [5, 5.41) is 0. The Balaban J connectivity index is 1.40. The molecule has 0 unspecified atom stereocenters. The Hall–Kier alpha value is -2.50. The van der Waals surface area contributed by atoms with E-state index < -0.39 is 27.1 Å². The van der Waals surface area contributed by atoms with Crippen molar-refractivity contribution in [3.63, 3.8) is 0 Å². The summed E-state index contributed by atoms with van der Waals surface area (Å²) in [7, 11) is -3.56. The summed E-state index contributed by atoms with van der Waals surface area (Å²) in [4.78, 5) is 24.6. The minimum atomic E-state index is -3.56. The molecule has 1 aromatic carbocycles. The lowest BCUT2D eigenvalue weighted by Gasteiger charge is -2.10. The second-order valence-corrected chi connectivity index (χ2v) is 9.06. The Kier molecular flexibility index (Phi) is 7.40. The summed E-state index contributed by atoms with van der Waals surface area (Å²) in [6.45, 7) is 0.512. The lowest BCUT2D eigenvalue weighted by molar-refractivity contribution is 0.0744. The highest BCUT2D eigenvalue weighted by molar-refractivity contribution is 7.89. The molecule has 2 aromatic rings. The number of rotatable bonds is 12. The van der Waals surface area contributed by atoms with Crippen LogP contribution in [0.1, 0.15) is 24.8 Å². The van der Waals surface area contributed by atoms with E-state index in [0.717, 1.165) is 17.4 Å². The third-order valence-corrected chi connectivity index (χ3v) is 5.90. The normalized spacial score (nSPS) is 14.0. The Morgan fingerprint density at radius 3 is 2.77 bits per heavy atom. The van der Waals surface area contributed by atoms with Crippen LogP contribution in [0.3, 0.4) is 0 Å². The van der Waals surface area contributed by atoms with Crippen molar-refractivity contribution < 1.29 is 22.3 Å². The lowest BCUT2D eigenvalue weighted by atomic mass is 10.2. The topological polar surface area (TPSA) is 119 Å². The Labute approximate surface area is 172 Å². The number of hydrogen-bond donors (Lipinski definition) is 2. The van der Waals surface area contributed by atoms with Crippen LogP contribution in [0.25, 0.3) is 0 Å². The smallest absolute Gasteiger partial charge is 0.330 e. The van der Waals surface area contributed by atoms with Crippen molar-refractivity contribution in [3.05, 3.63) is 62.7 Å². The van der Waals surface area contributed by atoms with Crippen LogP contribution in [-0.4, -0.2) is 36.9 Å². The first-order chi connectivity index (χ1) is 14.3. The molecule has 2 N–H and O–H groups in total. The van der Waals surface area contributed by atoms with Crippen LogP contribution in [0.4, 0.5) is 4.39 Å². The van der Waals surface area contributed by atoms with E-state index in [1.54, 1.807) is 0 Å². The molecule has 0 aliphatic heterocycles. The first-order valence-electron chi connectivity index (χ1n) is 9.58. The van der Waals surface area contributed by atoms with Gasteiger partial charge < -0.3 is 9.47 Å². The van der Waals surface area contributed by atoms with Crippen LogP contribution in [0.15, 0.2) is 40.1 Å². The third kappa shape index (κ3) is 7.08. The average Bonchev–Trinajstić information content (AvgIpc) is 3.52. The largest absolute Gasteiger partial charge is 0.490 e. The maximum atomic E-state index is 13.8. The SMILES string of the molecule is O=c1ccn(COCCCS(=O)(=O)NCc2ccc(F)c(OCC3CC3)c2)c(=O)[nH]1. The zero-order chi connectivity index (χ0) is 21.6. The van der Waals surface area contributed by atoms with Gasteiger partial charge in [-0.3, -0.25) is 14.3 Å². The van der Waals surface area contributed by atoms with E-state index in [2.05, 4.69) is 9.71 Å². The Morgan fingerprint density at radius 1 is 1.23 bits per heavy atom. The van der Waals surface area contributed by atoms with Gasteiger partial charge in [0, 0.05) is 25.4 Å². The number of aromatic nitrogens is 2. The van der Waals surface area contributed by atoms with Crippen molar-refractivity contribution in [1.82, 2.24) is 14.3 Å². The second-order valence-electron chi connectivity index (χ2n) is 7.13. The molecule has 1 heterocycles. The minimum absolute atomic E-state index is 0.0238. The van der Waals surface area contributed by atoms with Gasteiger partial charge in [-0.15, -0.1) is 0 Å². The molecule has 0 atom stereocenters. The Morgan fingerprint density at radius 2 is 2.03 bits per heavy atom. The van der Waals surface area contributed by atoms with Crippen LogP contribution in [0.5, 0.6) is 5.75 Å². The number of aromatic amines is 1. The number of ether oxygens (including phenoxy) is 2. The molecule has 0 spiro atoms. The zero-order valence-electron chi connectivity index (χ0n) is 16.3. The average molecular weight is 441 g/mol. The first kappa shape index (κ1) is 22.2. The van der Waals surface area contributed by atoms with Gasteiger partial charge in [-0.05, 0) is 42.9 Å². The summed E-state index contributed by atoms with van der Waals surface area (Å²) >= 11 is 0. The van der Waals surface area contributed by atoms with E-state index in [4.69, 9.17) is 9.47 Å². The van der Waals surface area contributed by atoms with Crippen molar-refractivity contribution in [2.75, 3.05) is 19.0 Å². The predicted octanol–water partition coefficient (Wildman–Crippen LogP) is 0.948. The second kappa shape index (κ2) is 10.0. The van der Waals surface area contributed by atoms with E-state index in [1.807, 2.05) is 0 Å². The number of nitrogens with one attached hydrogen (secondary N) is 2. The first-order valence-corrected chi connectivity index (χ1v) is 11.2. The van der Waals surface area contributed by atoms with Gasteiger partial charge in [-0.1, -0.05) is 6.07 Å². The minimum Gasteiger partial charge on any atom is -0.490 e. The molecule has 0 saturated heterocycles. The van der Waals surface area contributed by atoms with E-state index >= 15 is 0 Å². The number of H-pyrrole nitrogens is 1. The van der Waals surface area contributed by atoms with Crippen LogP contribution in [0.2, 0.25) is 0 Å². The molecule has 0 bridgehead atoms. The molecule has 1 fully saturated rings. The molecule has 0 radical (unpaired) electrons. The number of nitrogens with zero attached hydrogens (tertiary/aromatic N) is 1. The summed E-state index contributed by atoms with van der Waals surface area (Å²) in [5.74, 6) is -0.0261. The molecule has 11 heteroatoms. The maximum Gasteiger partial charge on any atom is 0.330 e. The van der Waals surface area contributed by atoms with Gasteiger partial charge in [0.15, 0.2) is 11.6 Å². The van der Waals surface area contributed by atoms with Crippen LogP contribution in [-0.2, 0) is 28.0 Å². The fraction of sp³-hybridized carbons (Fsp3) is 0.474. The summed E-state index contributed by atoms with van der Waals surface area (Å²) < 4.78 is 52.4. The van der Waals surface area contributed by atoms with Crippen molar-refractivity contribution in [1.29, 1.82) is 0 Å². The summed E-state index contributed by atoms with van der Waals surface area (Å²) in [5.41, 5.74) is -0.507. The molecule has 1 aromatic heterocycles. The van der Waals surface area contributed by atoms with Gasteiger partial charge in [-0.25, -0.2) is 22.3 Å². The molecular weight excluding hydrogens is 417 g/mol. The van der Waals surface area contributed by atoms with Crippen molar-refractivity contribution in [3.8, 4) is 5.75 Å². The third-order valence-electron chi connectivity index (χ3n) is 4.49. The standard InChI is InChI=1S/C19H24FN3O6S/c20-16-5-4-15(10-17(16)29-12-14-2-3-14)11-21-30(26,27)9-1-8-28-13-23-7-6-18(24)22-19(23)25/h4-7,10,14,21H,1-3,8-9,11-13H2,(H,22,24,25). The monoisotopic (exact) mass is 441 g/mol. The number of hydrogen-bond acceptors (Lipinski definition) is 6. The van der Waals surface area contributed by atoms with E-state index in [0.29, 0.717) is 18.1 Å². The van der Waals surface area contributed by atoms with Gasteiger partial charge in [0.2, 0.25) is 10.0 Å². The summed E-state index contributed by atoms with van der Waals surface area (Å²) in [6.07, 6.45) is 3.69. The van der Waals surface area contributed by atoms with Gasteiger partial charge in [0.25, 0.3) is 5.56 Å². The highest BCUT2D eigenvalue weighted by Gasteiger charge is 2.22. The Bertz CT molecular complexity index is 1080. The van der Waals surface area contributed by atoms with E-state index in [9.17, 15) is 22.4 Å². The molecule has 30 heavy (non-hydrogen) atoms. The molecule has 164 valence electrons. The number of halogens is 1. The zero-order valence-corrected chi connectivity index (χ0v) is 17.1. The van der Waals surface area contributed by atoms with Gasteiger partial charge >= 0.3 is 5.69 Å². The molecule has 0 amide bonds. The van der Waals surface area contributed by atoms with Gasteiger partial charge in [0.05, 0.1) is 12.4 Å². The fourth-order valence-corrected chi connectivity index (χ4v) is 3.61.